The number of aliphatic hydroxyl groups excluding tert-OH is 1. The van der Waals surface area contributed by atoms with Crippen molar-refractivity contribution >= 4 is 11.9 Å². The molecule has 0 aliphatic carbocycles. The van der Waals surface area contributed by atoms with Crippen molar-refractivity contribution < 1.29 is 24.2 Å². The van der Waals surface area contributed by atoms with E-state index in [0.29, 0.717) is 12.2 Å². The lowest BCUT2D eigenvalue weighted by Crippen LogP contribution is -2.09. The minimum atomic E-state index is -0.334. The van der Waals surface area contributed by atoms with Gasteiger partial charge in [-0.15, -0.1) is 0 Å². The fourth-order valence-corrected chi connectivity index (χ4v) is 2.24. The number of allylic oxidation sites excluding steroid dienone is 3. The average molecular weight is 340 g/mol. The molecule has 0 radical (unpaired) electrons. The highest BCUT2D eigenvalue weighted by molar-refractivity contribution is 5.73. The number of hydrogen-bond acceptors (Lipinski definition) is 5. The Bertz CT molecular complexity index is 412. The molecule has 0 aromatic heterocycles. The van der Waals surface area contributed by atoms with Crippen molar-refractivity contribution in [3.63, 3.8) is 0 Å². The lowest BCUT2D eigenvalue weighted by molar-refractivity contribution is -0.143. The molecule has 0 heterocycles. The van der Waals surface area contributed by atoms with Crippen molar-refractivity contribution in [1.29, 1.82) is 0 Å². The first kappa shape index (κ1) is 22.4. The minimum Gasteiger partial charge on any atom is -0.469 e. The van der Waals surface area contributed by atoms with E-state index in [9.17, 15) is 9.59 Å². The van der Waals surface area contributed by atoms with E-state index < -0.39 is 0 Å². The number of aliphatic hydroxyl groups is 1. The number of carbonyl (C=O) groups is 2. The highest BCUT2D eigenvalue weighted by Gasteiger charge is 2.08. The molecule has 0 bridgehead atoms. The zero-order chi connectivity index (χ0) is 18.2. The standard InChI is InChI=1S/C19H32O5/c1-16(19(22)23-3)12-11-14-18(24-17(2)21)13-9-7-5-4-6-8-10-15-20/h11-12,14,16,20H,4-10,13,15H2,1-3H3/b12-11-,18-14+. The van der Waals surface area contributed by atoms with Gasteiger partial charge >= 0.3 is 11.9 Å². The van der Waals surface area contributed by atoms with Crippen LogP contribution < -0.4 is 0 Å². The van der Waals surface area contributed by atoms with Crippen LogP contribution in [0.3, 0.4) is 0 Å². The van der Waals surface area contributed by atoms with Crippen LogP contribution in [0, 0.1) is 5.92 Å². The van der Waals surface area contributed by atoms with Gasteiger partial charge in [0.15, 0.2) is 0 Å². The Morgan fingerprint density at radius 2 is 1.62 bits per heavy atom. The lowest BCUT2D eigenvalue weighted by Gasteiger charge is -2.07. The Hall–Kier alpha value is -1.62. The van der Waals surface area contributed by atoms with E-state index in [-0.39, 0.29) is 24.5 Å². The molecule has 0 aliphatic heterocycles. The Morgan fingerprint density at radius 1 is 1.04 bits per heavy atom. The van der Waals surface area contributed by atoms with Gasteiger partial charge in [0.1, 0.15) is 5.76 Å². The van der Waals surface area contributed by atoms with Crippen LogP contribution in [-0.2, 0) is 19.1 Å². The molecular formula is C19H32O5. The predicted molar refractivity (Wildman–Crippen MR) is 94.2 cm³/mol. The fourth-order valence-electron chi connectivity index (χ4n) is 2.24. The van der Waals surface area contributed by atoms with Crippen molar-refractivity contribution in [1.82, 2.24) is 0 Å². The molecular weight excluding hydrogens is 308 g/mol. The molecule has 1 unspecified atom stereocenters. The molecule has 0 spiro atoms. The molecule has 5 heteroatoms. The number of rotatable bonds is 13. The van der Waals surface area contributed by atoms with Gasteiger partial charge in [0.25, 0.3) is 0 Å². The molecule has 0 aromatic rings. The van der Waals surface area contributed by atoms with Gasteiger partial charge in [0, 0.05) is 20.0 Å². The van der Waals surface area contributed by atoms with E-state index in [1.165, 1.54) is 20.5 Å². The van der Waals surface area contributed by atoms with Crippen LogP contribution in [-0.4, -0.2) is 30.8 Å². The van der Waals surface area contributed by atoms with Crippen LogP contribution >= 0.6 is 0 Å². The van der Waals surface area contributed by atoms with Gasteiger partial charge in [-0.05, 0) is 25.8 Å². The molecule has 1 atom stereocenters. The van der Waals surface area contributed by atoms with Crippen LogP contribution in [0.1, 0.15) is 65.2 Å². The summed E-state index contributed by atoms with van der Waals surface area (Å²) >= 11 is 0. The number of unbranched alkanes of at least 4 members (excludes halogenated alkanes) is 6. The van der Waals surface area contributed by atoms with Gasteiger partial charge in [-0.25, -0.2) is 0 Å². The summed E-state index contributed by atoms with van der Waals surface area (Å²) in [5.74, 6) is -0.339. The third-order valence-electron chi connectivity index (χ3n) is 3.61. The van der Waals surface area contributed by atoms with Gasteiger partial charge < -0.3 is 14.6 Å². The number of esters is 2. The summed E-state index contributed by atoms with van der Waals surface area (Å²) in [5, 5.41) is 8.71. The maximum atomic E-state index is 11.3. The van der Waals surface area contributed by atoms with E-state index in [2.05, 4.69) is 4.74 Å². The molecule has 138 valence electrons. The van der Waals surface area contributed by atoms with Crippen LogP contribution in [0.5, 0.6) is 0 Å². The average Bonchev–Trinajstić information content (AvgIpc) is 2.55. The quantitative estimate of drug-likeness (QED) is 0.238. The van der Waals surface area contributed by atoms with E-state index in [1.54, 1.807) is 25.2 Å². The lowest BCUT2D eigenvalue weighted by atomic mass is 10.1. The highest BCUT2D eigenvalue weighted by atomic mass is 16.5. The van der Waals surface area contributed by atoms with Crippen molar-refractivity contribution in [2.75, 3.05) is 13.7 Å². The molecule has 24 heavy (non-hydrogen) atoms. The summed E-state index contributed by atoms with van der Waals surface area (Å²) in [6.45, 7) is 3.41. The molecule has 0 saturated carbocycles. The number of carbonyl (C=O) groups excluding carboxylic acids is 2. The Labute approximate surface area is 145 Å². The Kier molecular flexibility index (Phi) is 13.9. The molecule has 5 nitrogen and oxygen atoms in total. The van der Waals surface area contributed by atoms with Gasteiger partial charge in [-0.2, -0.15) is 0 Å². The normalized spacial score (nSPS) is 13.1. The molecule has 0 fully saturated rings. The molecule has 0 aliphatic rings. The molecule has 0 rings (SSSR count). The molecule has 0 saturated heterocycles. The molecule has 1 N–H and O–H groups in total. The third kappa shape index (κ3) is 12.9. The van der Waals surface area contributed by atoms with E-state index in [1.807, 2.05) is 0 Å². The summed E-state index contributed by atoms with van der Waals surface area (Å²) in [4.78, 5) is 22.5. The second kappa shape index (κ2) is 14.9. The van der Waals surface area contributed by atoms with Crippen LogP contribution in [0.25, 0.3) is 0 Å². The van der Waals surface area contributed by atoms with E-state index in [4.69, 9.17) is 9.84 Å². The summed E-state index contributed by atoms with van der Waals surface area (Å²) in [7, 11) is 1.36. The molecule has 0 amide bonds. The maximum Gasteiger partial charge on any atom is 0.312 e. The smallest absolute Gasteiger partial charge is 0.312 e. The zero-order valence-corrected chi connectivity index (χ0v) is 15.3. The van der Waals surface area contributed by atoms with Crippen molar-refractivity contribution in [3.05, 3.63) is 24.0 Å². The van der Waals surface area contributed by atoms with Crippen molar-refractivity contribution in [3.8, 4) is 0 Å². The first-order valence-corrected chi connectivity index (χ1v) is 8.75. The first-order chi connectivity index (χ1) is 11.5. The summed E-state index contributed by atoms with van der Waals surface area (Å²) in [6, 6.07) is 0. The predicted octanol–water partition coefficient (Wildman–Crippen LogP) is 3.91. The number of methoxy groups -OCH3 is 1. The zero-order valence-electron chi connectivity index (χ0n) is 15.3. The van der Waals surface area contributed by atoms with Crippen LogP contribution in [0.15, 0.2) is 24.0 Å². The molecule has 0 aromatic carbocycles. The SMILES string of the molecule is COC(=O)C(C)/C=C\C=C(/CCCCCCCCCO)OC(C)=O. The van der Waals surface area contributed by atoms with Crippen molar-refractivity contribution in [2.24, 2.45) is 5.92 Å². The second-order valence-corrected chi connectivity index (χ2v) is 5.87. The third-order valence-corrected chi connectivity index (χ3v) is 3.61. The van der Waals surface area contributed by atoms with Crippen molar-refractivity contribution in [2.45, 2.75) is 65.2 Å². The Balaban J connectivity index is 4.17. The first-order valence-electron chi connectivity index (χ1n) is 8.75. The topological polar surface area (TPSA) is 72.8 Å². The van der Waals surface area contributed by atoms with Crippen LogP contribution in [0.2, 0.25) is 0 Å². The summed E-state index contributed by atoms with van der Waals surface area (Å²) < 4.78 is 9.86. The fraction of sp³-hybridized carbons (Fsp3) is 0.684. The monoisotopic (exact) mass is 340 g/mol. The number of ether oxygens (including phenoxy) is 2. The summed E-state index contributed by atoms with van der Waals surface area (Å²) in [6.07, 6.45) is 13.4. The van der Waals surface area contributed by atoms with Gasteiger partial charge in [-0.1, -0.05) is 44.3 Å². The maximum absolute atomic E-state index is 11.3. The van der Waals surface area contributed by atoms with E-state index >= 15 is 0 Å². The number of hydrogen-bond donors (Lipinski definition) is 1. The Morgan fingerprint density at radius 3 is 2.17 bits per heavy atom. The summed E-state index contributed by atoms with van der Waals surface area (Å²) in [5.41, 5.74) is 0. The van der Waals surface area contributed by atoms with Gasteiger partial charge in [-0.3, -0.25) is 9.59 Å². The van der Waals surface area contributed by atoms with Gasteiger partial charge in [0.05, 0.1) is 13.0 Å². The largest absolute Gasteiger partial charge is 0.469 e. The minimum absolute atomic E-state index is 0.276. The highest BCUT2D eigenvalue weighted by Crippen LogP contribution is 2.14. The van der Waals surface area contributed by atoms with Crippen LogP contribution in [0.4, 0.5) is 0 Å². The van der Waals surface area contributed by atoms with E-state index in [0.717, 1.165) is 38.5 Å². The van der Waals surface area contributed by atoms with Gasteiger partial charge in [0.2, 0.25) is 0 Å². The second-order valence-electron chi connectivity index (χ2n) is 5.87.